The van der Waals surface area contributed by atoms with Gasteiger partial charge in [0.2, 0.25) is 5.91 Å². The van der Waals surface area contributed by atoms with E-state index in [9.17, 15) is 13.2 Å². The Bertz CT molecular complexity index is 779. The molecule has 1 saturated heterocycles. The number of carbonyl (C=O) groups excluding carboxylic acids is 1. The molecule has 1 heterocycles. The summed E-state index contributed by atoms with van der Waals surface area (Å²) in [5.41, 5.74) is 0.934. The van der Waals surface area contributed by atoms with Crippen molar-refractivity contribution in [2.75, 3.05) is 52.9 Å². The predicted octanol–water partition coefficient (Wildman–Crippen LogP) is 1.77. The van der Waals surface area contributed by atoms with Crippen molar-refractivity contribution in [3.63, 3.8) is 0 Å². The molecule has 7 nitrogen and oxygen atoms in total. The largest absolute Gasteiger partial charge is 0.497 e. The topological polar surface area (TPSA) is 76.2 Å². The summed E-state index contributed by atoms with van der Waals surface area (Å²) in [4.78, 5) is 16.9. The standard InChI is InChI=1S/C20H32N2O5S/c1-15(18-7-6-17(26-4)13-19(18)27-5)12-20(23)22(10-9-21(2)3)16-8-11-28(24,25)14-16/h6-7,13,15-16H,8-12,14H2,1-5H3. The molecule has 2 rings (SSSR count). The average molecular weight is 413 g/mol. The molecule has 2 unspecified atom stereocenters. The number of ether oxygens (including phenoxy) is 2. The number of benzene rings is 1. The minimum absolute atomic E-state index is 0.0191. The van der Waals surface area contributed by atoms with Crippen LogP contribution in [0.25, 0.3) is 0 Å². The Morgan fingerprint density at radius 1 is 1.21 bits per heavy atom. The van der Waals surface area contributed by atoms with Crippen LogP contribution in [0.15, 0.2) is 18.2 Å². The van der Waals surface area contributed by atoms with E-state index in [2.05, 4.69) is 0 Å². The molecule has 1 aromatic rings. The second-order valence-electron chi connectivity index (χ2n) is 7.66. The number of methoxy groups -OCH3 is 2. The minimum atomic E-state index is -3.05. The van der Waals surface area contributed by atoms with Gasteiger partial charge in [0.1, 0.15) is 11.5 Å². The molecule has 0 aliphatic carbocycles. The van der Waals surface area contributed by atoms with E-state index in [-0.39, 0.29) is 29.4 Å². The van der Waals surface area contributed by atoms with Gasteiger partial charge in [0.15, 0.2) is 9.84 Å². The van der Waals surface area contributed by atoms with E-state index >= 15 is 0 Å². The zero-order chi connectivity index (χ0) is 20.9. The third-order valence-corrected chi connectivity index (χ3v) is 6.96. The summed E-state index contributed by atoms with van der Waals surface area (Å²) < 4.78 is 34.5. The number of rotatable bonds is 9. The highest BCUT2D eigenvalue weighted by atomic mass is 32.2. The second kappa shape index (κ2) is 9.60. The van der Waals surface area contributed by atoms with Gasteiger partial charge in [-0.1, -0.05) is 13.0 Å². The molecular weight excluding hydrogens is 380 g/mol. The van der Waals surface area contributed by atoms with Crippen LogP contribution in [0, 0.1) is 0 Å². The molecule has 1 aliphatic heterocycles. The van der Waals surface area contributed by atoms with E-state index < -0.39 is 9.84 Å². The number of hydrogen-bond donors (Lipinski definition) is 0. The first-order valence-corrected chi connectivity index (χ1v) is 11.4. The lowest BCUT2D eigenvalue weighted by molar-refractivity contribution is -0.133. The van der Waals surface area contributed by atoms with Gasteiger partial charge in [-0.25, -0.2) is 8.42 Å². The van der Waals surface area contributed by atoms with Crippen LogP contribution in [0.4, 0.5) is 0 Å². The first-order chi connectivity index (χ1) is 13.2. The maximum Gasteiger partial charge on any atom is 0.223 e. The van der Waals surface area contributed by atoms with Gasteiger partial charge in [-0.15, -0.1) is 0 Å². The zero-order valence-electron chi connectivity index (χ0n) is 17.5. The van der Waals surface area contributed by atoms with Crippen LogP contribution in [0.3, 0.4) is 0 Å². The summed E-state index contributed by atoms with van der Waals surface area (Å²) in [6.07, 6.45) is 0.814. The fourth-order valence-electron chi connectivity index (χ4n) is 3.55. The lowest BCUT2D eigenvalue weighted by Crippen LogP contribution is -2.44. The van der Waals surface area contributed by atoms with E-state index in [1.807, 2.05) is 44.1 Å². The van der Waals surface area contributed by atoms with Crippen molar-refractivity contribution in [3.8, 4) is 11.5 Å². The van der Waals surface area contributed by atoms with Gasteiger partial charge in [0.05, 0.1) is 25.7 Å². The number of likely N-dealkylation sites (N-methyl/N-ethyl adjacent to an activating group) is 1. The molecule has 1 amide bonds. The third kappa shape index (κ3) is 5.85. The Morgan fingerprint density at radius 2 is 1.93 bits per heavy atom. The van der Waals surface area contributed by atoms with Crippen molar-refractivity contribution >= 4 is 15.7 Å². The average Bonchev–Trinajstić information content (AvgIpc) is 3.00. The van der Waals surface area contributed by atoms with Crippen molar-refractivity contribution in [2.45, 2.75) is 31.7 Å². The van der Waals surface area contributed by atoms with Crippen molar-refractivity contribution < 1.29 is 22.7 Å². The number of amides is 1. The highest BCUT2D eigenvalue weighted by Gasteiger charge is 2.35. The monoisotopic (exact) mass is 412 g/mol. The van der Waals surface area contributed by atoms with Crippen molar-refractivity contribution in [1.82, 2.24) is 9.80 Å². The van der Waals surface area contributed by atoms with Crippen molar-refractivity contribution in [1.29, 1.82) is 0 Å². The first kappa shape index (κ1) is 22.5. The van der Waals surface area contributed by atoms with Gasteiger partial charge in [-0.05, 0) is 38.1 Å². The van der Waals surface area contributed by atoms with Crippen molar-refractivity contribution in [2.24, 2.45) is 0 Å². The highest BCUT2D eigenvalue weighted by Crippen LogP contribution is 2.33. The van der Waals surface area contributed by atoms with Gasteiger partial charge in [-0.3, -0.25) is 4.79 Å². The molecule has 0 aromatic heterocycles. The lowest BCUT2D eigenvalue weighted by atomic mass is 9.95. The SMILES string of the molecule is COc1ccc(C(C)CC(=O)N(CCN(C)C)C2CCS(=O)(=O)C2)c(OC)c1. The van der Waals surface area contributed by atoms with Gasteiger partial charge >= 0.3 is 0 Å². The van der Waals surface area contributed by atoms with E-state index in [4.69, 9.17) is 9.47 Å². The number of carbonyl (C=O) groups is 1. The second-order valence-corrected chi connectivity index (χ2v) is 9.89. The molecule has 8 heteroatoms. The van der Waals surface area contributed by atoms with Crippen LogP contribution in [0.5, 0.6) is 11.5 Å². The Morgan fingerprint density at radius 3 is 2.46 bits per heavy atom. The smallest absolute Gasteiger partial charge is 0.223 e. The van der Waals surface area contributed by atoms with Gasteiger partial charge in [0.25, 0.3) is 0 Å². The quantitative estimate of drug-likeness (QED) is 0.615. The fraction of sp³-hybridized carbons (Fsp3) is 0.650. The normalized spacial score (nSPS) is 19.4. The van der Waals surface area contributed by atoms with E-state index in [1.54, 1.807) is 19.1 Å². The molecule has 0 spiro atoms. The molecule has 1 aromatic carbocycles. The number of sulfone groups is 1. The molecular formula is C20H32N2O5S. The Hall–Kier alpha value is -1.80. The van der Waals surface area contributed by atoms with Crippen LogP contribution < -0.4 is 9.47 Å². The van der Waals surface area contributed by atoms with Crippen LogP contribution >= 0.6 is 0 Å². The van der Waals surface area contributed by atoms with Gasteiger partial charge < -0.3 is 19.3 Å². The molecule has 0 bridgehead atoms. The zero-order valence-corrected chi connectivity index (χ0v) is 18.3. The first-order valence-electron chi connectivity index (χ1n) is 9.53. The molecule has 1 aliphatic rings. The van der Waals surface area contributed by atoms with E-state index in [1.165, 1.54) is 0 Å². The summed E-state index contributed by atoms with van der Waals surface area (Å²) in [6, 6.07) is 5.35. The van der Waals surface area contributed by atoms with E-state index in [0.717, 1.165) is 5.56 Å². The number of nitrogens with zero attached hydrogens (tertiary/aromatic N) is 2. The summed E-state index contributed by atoms with van der Waals surface area (Å²) >= 11 is 0. The molecule has 0 saturated carbocycles. The van der Waals surface area contributed by atoms with Crippen LogP contribution in [-0.4, -0.2) is 83.1 Å². The molecule has 158 valence electrons. The maximum absolute atomic E-state index is 13.1. The molecule has 0 radical (unpaired) electrons. The van der Waals surface area contributed by atoms with Gasteiger partial charge in [-0.2, -0.15) is 0 Å². The van der Waals surface area contributed by atoms with Crippen LogP contribution in [-0.2, 0) is 14.6 Å². The predicted molar refractivity (Wildman–Crippen MR) is 110 cm³/mol. The summed E-state index contributed by atoms with van der Waals surface area (Å²) in [6.45, 7) is 3.21. The Balaban J connectivity index is 2.15. The van der Waals surface area contributed by atoms with Crippen LogP contribution in [0.2, 0.25) is 0 Å². The molecule has 0 N–H and O–H groups in total. The summed E-state index contributed by atoms with van der Waals surface area (Å²) in [5.74, 6) is 1.52. The molecule has 1 fully saturated rings. The maximum atomic E-state index is 13.1. The van der Waals surface area contributed by atoms with Gasteiger partial charge in [0, 0.05) is 31.6 Å². The highest BCUT2D eigenvalue weighted by molar-refractivity contribution is 7.91. The van der Waals surface area contributed by atoms with Crippen molar-refractivity contribution in [3.05, 3.63) is 23.8 Å². The fourth-order valence-corrected chi connectivity index (χ4v) is 5.29. The lowest BCUT2D eigenvalue weighted by Gasteiger charge is -2.30. The summed E-state index contributed by atoms with van der Waals surface area (Å²) in [7, 11) is 4.03. The van der Waals surface area contributed by atoms with E-state index in [0.29, 0.717) is 37.4 Å². The molecule has 2 atom stereocenters. The Labute approximate surface area is 168 Å². The number of hydrogen-bond acceptors (Lipinski definition) is 6. The Kier molecular flexibility index (Phi) is 7.71. The molecule has 28 heavy (non-hydrogen) atoms. The third-order valence-electron chi connectivity index (χ3n) is 5.21. The van der Waals surface area contributed by atoms with Crippen LogP contribution in [0.1, 0.15) is 31.2 Å². The summed E-state index contributed by atoms with van der Waals surface area (Å²) in [5, 5.41) is 0. The minimum Gasteiger partial charge on any atom is -0.497 e.